The molecule has 0 atom stereocenters. The molecule has 2 rings (SSSR count). The van der Waals surface area contributed by atoms with Crippen LogP contribution in [0, 0.1) is 0 Å². The van der Waals surface area contributed by atoms with Crippen molar-refractivity contribution < 1.29 is 14.4 Å². The van der Waals surface area contributed by atoms with E-state index >= 15 is 0 Å². The van der Waals surface area contributed by atoms with Crippen LogP contribution in [0.3, 0.4) is 0 Å². The minimum absolute atomic E-state index is 0.0619. The number of rotatable bonds is 7. The van der Waals surface area contributed by atoms with E-state index in [9.17, 15) is 14.4 Å². The van der Waals surface area contributed by atoms with Crippen LogP contribution in [0.2, 0.25) is 0 Å². The molecule has 0 aliphatic rings. The zero-order valence-corrected chi connectivity index (χ0v) is 15.7. The first kappa shape index (κ1) is 20.0. The Bertz CT molecular complexity index is 816. The van der Waals surface area contributed by atoms with E-state index in [2.05, 4.69) is 16.0 Å². The Morgan fingerprint density at radius 2 is 1.63 bits per heavy atom. The van der Waals surface area contributed by atoms with Crippen LogP contribution >= 0.6 is 0 Å². The molecule has 2 aromatic carbocycles. The van der Waals surface area contributed by atoms with Crippen LogP contribution in [-0.2, 0) is 4.79 Å². The quantitative estimate of drug-likeness (QED) is 0.699. The number of amides is 3. The summed E-state index contributed by atoms with van der Waals surface area (Å²) in [5, 5.41) is 8.47. The summed E-state index contributed by atoms with van der Waals surface area (Å²) in [7, 11) is 3.39. The standard InChI is InChI=1S/C20H24N4O3/c1-4-21-19(26)15-6-5-7-17(12-15)23-18(25)13-22-16-10-8-14(9-11-16)20(27)24(2)3/h5-12,22H,4,13H2,1-3H3,(H,21,26)(H,23,25). The predicted molar refractivity (Wildman–Crippen MR) is 106 cm³/mol. The van der Waals surface area contributed by atoms with Gasteiger partial charge in [0, 0.05) is 43.1 Å². The first-order chi connectivity index (χ1) is 12.9. The SMILES string of the molecule is CCNC(=O)c1cccc(NC(=O)CNc2ccc(C(=O)N(C)C)cc2)c1. The molecule has 0 saturated carbocycles. The third-order valence-corrected chi connectivity index (χ3v) is 3.74. The Hall–Kier alpha value is -3.35. The Morgan fingerprint density at radius 3 is 2.26 bits per heavy atom. The minimum Gasteiger partial charge on any atom is -0.376 e. The van der Waals surface area contributed by atoms with E-state index in [1.54, 1.807) is 62.6 Å². The van der Waals surface area contributed by atoms with Gasteiger partial charge in [-0.15, -0.1) is 0 Å². The van der Waals surface area contributed by atoms with Gasteiger partial charge >= 0.3 is 0 Å². The molecule has 3 amide bonds. The number of carbonyl (C=O) groups is 3. The van der Waals surface area contributed by atoms with Gasteiger partial charge < -0.3 is 20.9 Å². The predicted octanol–water partition coefficient (Wildman–Crippen LogP) is 2.19. The van der Waals surface area contributed by atoms with E-state index in [-0.39, 0.29) is 24.3 Å². The fourth-order valence-corrected chi connectivity index (χ4v) is 2.38. The molecule has 0 aliphatic heterocycles. The van der Waals surface area contributed by atoms with E-state index in [4.69, 9.17) is 0 Å². The summed E-state index contributed by atoms with van der Waals surface area (Å²) in [6.45, 7) is 2.45. The molecule has 0 aromatic heterocycles. The Morgan fingerprint density at radius 1 is 0.926 bits per heavy atom. The molecule has 0 unspecified atom stereocenters. The zero-order valence-electron chi connectivity index (χ0n) is 15.7. The highest BCUT2D eigenvalue weighted by Crippen LogP contribution is 2.12. The minimum atomic E-state index is -0.239. The third-order valence-electron chi connectivity index (χ3n) is 3.74. The summed E-state index contributed by atoms with van der Waals surface area (Å²) < 4.78 is 0. The first-order valence-corrected chi connectivity index (χ1v) is 8.64. The fraction of sp³-hybridized carbons (Fsp3) is 0.250. The van der Waals surface area contributed by atoms with E-state index in [1.807, 2.05) is 6.92 Å². The lowest BCUT2D eigenvalue weighted by atomic mass is 10.2. The largest absolute Gasteiger partial charge is 0.376 e. The molecule has 7 heteroatoms. The maximum absolute atomic E-state index is 12.1. The molecule has 0 radical (unpaired) electrons. The van der Waals surface area contributed by atoms with Crippen molar-refractivity contribution in [3.05, 3.63) is 59.7 Å². The van der Waals surface area contributed by atoms with Crippen LogP contribution < -0.4 is 16.0 Å². The molecular weight excluding hydrogens is 344 g/mol. The summed E-state index contributed by atoms with van der Waals surface area (Å²) in [5.41, 5.74) is 2.36. The summed E-state index contributed by atoms with van der Waals surface area (Å²) in [4.78, 5) is 37.3. The first-order valence-electron chi connectivity index (χ1n) is 8.64. The topological polar surface area (TPSA) is 90.5 Å². The average Bonchev–Trinajstić information content (AvgIpc) is 2.66. The van der Waals surface area contributed by atoms with Crippen LogP contribution in [0.25, 0.3) is 0 Å². The van der Waals surface area contributed by atoms with Crippen molar-refractivity contribution in [1.29, 1.82) is 0 Å². The van der Waals surface area contributed by atoms with Crippen molar-refractivity contribution in [2.45, 2.75) is 6.92 Å². The smallest absolute Gasteiger partial charge is 0.253 e. The molecule has 27 heavy (non-hydrogen) atoms. The van der Waals surface area contributed by atoms with E-state index in [0.29, 0.717) is 23.4 Å². The van der Waals surface area contributed by atoms with Crippen LogP contribution in [-0.4, -0.2) is 49.8 Å². The molecular formula is C20H24N4O3. The molecule has 0 aliphatic carbocycles. The molecule has 0 bridgehead atoms. The van der Waals surface area contributed by atoms with Crippen molar-refractivity contribution in [2.24, 2.45) is 0 Å². The van der Waals surface area contributed by atoms with Gasteiger partial charge in [-0.3, -0.25) is 14.4 Å². The van der Waals surface area contributed by atoms with Gasteiger partial charge in [-0.05, 0) is 49.4 Å². The Kier molecular flexibility index (Phi) is 6.93. The molecule has 0 heterocycles. The Balaban J connectivity index is 1.90. The fourth-order valence-electron chi connectivity index (χ4n) is 2.38. The molecule has 7 nitrogen and oxygen atoms in total. The van der Waals surface area contributed by atoms with Crippen molar-refractivity contribution >= 4 is 29.1 Å². The van der Waals surface area contributed by atoms with Gasteiger partial charge in [0.2, 0.25) is 5.91 Å². The van der Waals surface area contributed by atoms with Gasteiger partial charge in [-0.25, -0.2) is 0 Å². The number of nitrogens with zero attached hydrogens (tertiary/aromatic N) is 1. The number of nitrogens with one attached hydrogen (secondary N) is 3. The lowest BCUT2D eigenvalue weighted by Crippen LogP contribution is -2.24. The monoisotopic (exact) mass is 368 g/mol. The van der Waals surface area contributed by atoms with E-state index in [0.717, 1.165) is 5.69 Å². The van der Waals surface area contributed by atoms with Gasteiger partial charge in [-0.1, -0.05) is 6.07 Å². The summed E-state index contributed by atoms with van der Waals surface area (Å²) in [6.07, 6.45) is 0. The van der Waals surface area contributed by atoms with E-state index in [1.165, 1.54) is 4.90 Å². The molecule has 0 spiro atoms. The van der Waals surface area contributed by atoms with Gasteiger partial charge in [0.15, 0.2) is 0 Å². The number of carbonyl (C=O) groups excluding carboxylic acids is 3. The van der Waals surface area contributed by atoms with Crippen molar-refractivity contribution in [3.8, 4) is 0 Å². The summed E-state index contributed by atoms with van der Waals surface area (Å²) >= 11 is 0. The summed E-state index contributed by atoms with van der Waals surface area (Å²) in [5.74, 6) is -0.498. The highest BCUT2D eigenvalue weighted by atomic mass is 16.2. The van der Waals surface area contributed by atoms with Crippen molar-refractivity contribution in [2.75, 3.05) is 37.8 Å². The molecule has 0 fully saturated rings. The van der Waals surface area contributed by atoms with E-state index < -0.39 is 0 Å². The van der Waals surface area contributed by atoms with Gasteiger partial charge in [0.05, 0.1) is 6.54 Å². The van der Waals surface area contributed by atoms with Gasteiger partial charge in [0.1, 0.15) is 0 Å². The lowest BCUT2D eigenvalue weighted by Gasteiger charge is -2.11. The highest BCUT2D eigenvalue weighted by molar-refractivity contribution is 5.98. The lowest BCUT2D eigenvalue weighted by molar-refractivity contribution is -0.114. The van der Waals surface area contributed by atoms with Crippen LogP contribution in [0.4, 0.5) is 11.4 Å². The highest BCUT2D eigenvalue weighted by Gasteiger charge is 2.09. The van der Waals surface area contributed by atoms with Gasteiger partial charge in [0.25, 0.3) is 11.8 Å². The molecule has 2 aromatic rings. The van der Waals surface area contributed by atoms with Gasteiger partial charge in [-0.2, -0.15) is 0 Å². The van der Waals surface area contributed by atoms with Crippen LogP contribution in [0.5, 0.6) is 0 Å². The summed E-state index contributed by atoms with van der Waals surface area (Å²) in [6, 6.07) is 13.7. The van der Waals surface area contributed by atoms with Crippen LogP contribution in [0.15, 0.2) is 48.5 Å². The molecule has 3 N–H and O–H groups in total. The van der Waals surface area contributed by atoms with Crippen LogP contribution in [0.1, 0.15) is 27.6 Å². The number of hydrogen-bond donors (Lipinski definition) is 3. The second kappa shape index (κ2) is 9.38. The third kappa shape index (κ3) is 5.85. The maximum Gasteiger partial charge on any atom is 0.253 e. The molecule has 0 saturated heterocycles. The second-order valence-electron chi connectivity index (χ2n) is 6.12. The average molecular weight is 368 g/mol. The second-order valence-corrected chi connectivity index (χ2v) is 6.12. The Labute approximate surface area is 158 Å². The number of hydrogen-bond acceptors (Lipinski definition) is 4. The normalized spacial score (nSPS) is 10.0. The zero-order chi connectivity index (χ0) is 19.8. The number of benzene rings is 2. The number of anilines is 2. The maximum atomic E-state index is 12.1. The molecule has 142 valence electrons. The van der Waals surface area contributed by atoms with Crippen molar-refractivity contribution in [3.63, 3.8) is 0 Å². The van der Waals surface area contributed by atoms with Crippen molar-refractivity contribution in [1.82, 2.24) is 10.2 Å².